The number of carbonyl (C=O) groups excluding carboxylic acids is 2. The molecule has 0 saturated carbocycles. The Bertz CT molecular complexity index is 982. The first-order chi connectivity index (χ1) is 13.7. The number of benzene rings is 1. The Morgan fingerprint density at radius 1 is 1.10 bits per heavy atom. The maximum absolute atomic E-state index is 12.4. The highest BCUT2D eigenvalue weighted by molar-refractivity contribution is 7.12. The van der Waals surface area contributed by atoms with Gasteiger partial charge in [-0.05, 0) is 54.8 Å². The van der Waals surface area contributed by atoms with Crippen LogP contribution < -0.4 is 10.1 Å². The summed E-state index contributed by atoms with van der Waals surface area (Å²) < 4.78 is 47.3. The number of hydrogen-bond donors (Lipinski definition) is 1. The summed E-state index contributed by atoms with van der Waals surface area (Å²) in [5.74, 6) is -1.69. The predicted octanol–water partition coefficient (Wildman–Crippen LogP) is 4.62. The van der Waals surface area contributed by atoms with Gasteiger partial charge in [0, 0.05) is 18.1 Å². The predicted molar refractivity (Wildman–Crippen MR) is 100 cm³/mol. The largest absolute Gasteiger partial charge is 0.573 e. The van der Waals surface area contributed by atoms with Crippen LogP contribution in [0.15, 0.2) is 60.2 Å². The average Bonchev–Trinajstić information content (AvgIpc) is 3.33. The van der Waals surface area contributed by atoms with Crippen LogP contribution in [0.1, 0.15) is 16.6 Å². The maximum Gasteiger partial charge on any atom is 0.573 e. The lowest BCUT2D eigenvalue weighted by Gasteiger charge is -2.14. The molecule has 0 spiro atoms. The number of carbonyl (C=O) groups is 2. The molecule has 0 fully saturated rings. The second-order valence-electron chi connectivity index (χ2n) is 5.83. The number of rotatable bonds is 6. The Balaban J connectivity index is 1.60. The molecule has 1 amide bonds. The second kappa shape index (κ2) is 8.39. The molecule has 2 aromatic heterocycles. The van der Waals surface area contributed by atoms with Gasteiger partial charge in [-0.2, -0.15) is 0 Å². The number of hydrogen-bond acceptors (Lipinski definition) is 5. The van der Waals surface area contributed by atoms with Gasteiger partial charge in [0.25, 0.3) is 5.91 Å². The Morgan fingerprint density at radius 3 is 2.38 bits per heavy atom. The first-order valence-electron chi connectivity index (χ1n) is 8.31. The third-order valence-electron chi connectivity index (χ3n) is 3.72. The quantitative estimate of drug-likeness (QED) is 0.587. The van der Waals surface area contributed by atoms with Crippen LogP contribution in [0.4, 0.5) is 18.9 Å². The Hall–Kier alpha value is -3.27. The molecule has 3 rings (SSSR count). The molecule has 29 heavy (non-hydrogen) atoms. The standard InChI is InChI=1S/C19H15F3N2O4S/c1-12(17(25)23-13-4-6-14(7-5-13)28-19(20,21)22)27-18(26)16-15(8-11-29-16)24-9-2-3-10-24/h2-12H,1H3,(H,23,25). The normalized spacial score (nSPS) is 12.3. The maximum atomic E-state index is 12.4. The number of aromatic nitrogens is 1. The van der Waals surface area contributed by atoms with E-state index in [1.807, 2.05) is 12.1 Å². The molecule has 2 heterocycles. The summed E-state index contributed by atoms with van der Waals surface area (Å²) in [6.07, 6.45) is -2.36. The highest BCUT2D eigenvalue weighted by Gasteiger charge is 2.31. The third kappa shape index (κ3) is 5.38. The van der Waals surface area contributed by atoms with Crippen molar-refractivity contribution in [2.45, 2.75) is 19.4 Å². The van der Waals surface area contributed by atoms with E-state index in [2.05, 4.69) is 10.1 Å². The van der Waals surface area contributed by atoms with Crippen molar-refractivity contribution in [3.8, 4) is 11.4 Å². The average molecular weight is 424 g/mol. The van der Waals surface area contributed by atoms with E-state index in [1.165, 1.54) is 30.4 Å². The Morgan fingerprint density at radius 2 is 1.76 bits per heavy atom. The fourth-order valence-corrected chi connectivity index (χ4v) is 3.18. The van der Waals surface area contributed by atoms with Crippen LogP contribution in [0.2, 0.25) is 0 Å². The topological polar surface area (TPSA) is 69.6 Å². The van der Waals surface area contributed by atoms with Crippen LogP contribution in [0, 0.1) is 0 Å². The lowest BCUT2D eigenvalue weighted by Crippen LogP contribution is -2.30. The fraction of sp³-hybridized carbons (Fsp3) is 0.158. The molecule has 152 valence electrons. The fourth-order valence-electron chi connectivity index (χ4n) is 2.41. The minimum Gasteiger partial charge on any atom is -0.448 e. The highest BCUT2D eigenvalue weighted by atomic mass is 32.1. The van der Waals surface area contributed by atoms with Gasteiger partial charge in [0.05, 0.1) is 5.69 Å². The highest BCUT2D eigenvalue weighted by Crippen LogP contribution is 2.25. The molecule has 1 aromatic carbocycles. The van der Waals surface area contributed by atoms with Crippen LogP contribution in [0.3, 0.4) is 0 Å². The van der Waals surface area contributed by atoms with Crippen LogP contribution >= 0.6 is 11.3 Å². The number of thiophene rings is 1. The van der Waals surface area contributed by atoms with Crippen molar-refractivity contribution >= 4 is 28.9 Å². The number of alkyl halides is 3. The third-order valence-corrected chi connectivity index (χ3v) is 4.60. The molecular formula is C19H15F3N2O4S. The summed E-state index contributed by atoms with van der Waals surface area (Å²) in [6.45, 7) is 1.40. The number of nitrogens with one attached hydrogen (secondary N) is 1. The molecular weight excluding hydrogens is 409 g/mol. The first kappa shape index (κ1) is 20.5. The van der Waals surface area contributed by atoms with E-state index in [-0.39, 0.29) is 5.69 Å². The van der Waals surface area contributed by atoms with E-state index in [0.717, 1.165) is 12.1 Å². The van der Waals surface area contributed by atoms with E-state index in [4.69, 9.17) is 4.74 Å². The van der Waals surface area contributed by atoms with Crippen molar-refractivity contribution in [1.82, 2.24) is 4.57 Å². The van der Waals surface area contributed by atoms with Gasteiger partial charge in [0.15, 0.2) is 6.10 Å². The number of halogens is 3. The zero-order valence-corrected chi connectivity index (χ0v) is 15.8. The van der Waals surface area contributed by atoms with Gasteiger partial charge in [0.2, 0.25) is 0 Å². The van der Waals surface area contributed by atoms with Crippen molar-refractivity contribution in [2.24, 2.45) is 0 Å². The molecule has 0 aliphatic rings. The number of ether oxygens (including phenoxy) is 2. The van der Waals surface area contributed by atoms with Gasteiger partial charge in [-0.1, -0.05) is 0 Å². The monoisotopic (exact) mass is 424 g/mol. The number of esters is 1. The smallest absolute Gasteiger partial charge is 0.448 e. The molecule has 1 atom stereocenters. The summed E-state index contributed by atoms with van der Waals surface area (Å²) >= 11 is 1.19. The summed E-state index contributed by atoms with van der Waals surface area (Å²) in [5.41, 5.74) is 0.870. The summed E-state index contributed by atoms with van der Waals surface area (Å²) in [5, 5.41) is 4.21. The van der Waals surface area contributed by atoms with Crippen molar-refractivity contribution in [3.63, 3.8) is 0 Å². The first-order valence-corrected chi connectivity index (χ1v) is 9.19. The van der Waals surface area contributed by atoms with Crippen molar-refractivity contribution < 1.29 is 32.2 Å². The number of amides is 1. The van der Waals surface area contributed by atoms with Gasteiger partial charge in [-0.25, -0.2) is 4.79 Å². The van der Waals surface area contributed by atoms with Crippen LogP contribution in [0.5, 0.6) is 5.75 Å². The van der Waals surface area contributed by atoms with Gasteiger partial charge in [0.1, 0.15) is 10.6 Å². The minimum atomic E-state index is -4.80. The van der Waals surface area contributed by atoms with Crippen molar-refractivity contribution in [1.29, 1.82) is 0 Å². The molecule has 10 heteroatoms. The zero-order chi connectivity index (χ0) is 21.0. The molecule has 0 bridgehead atoms. The van der Waals surface area contributed by atoms with Gasteiger partial charge in [-0.15, -0.1) is 24.5 Å². The zero-order valence-electron chi connectivity index (χ0n) is 15.0. The molecule has 0 aliphatic heterocycles. The Kier molecular flexibility index (Phi) is 5.92. The van der Waals surface area contributed by atoms with Gasteiger partial charge >= 0.3 is 12.3 Å². The van der Waals surface area contributed by atoms with Gasteiger partial charge in [-0.3, -0.25) is 4.79 Å². The molecule has 0 aliphatic carbocycles. The Labute approximate surface area is 167 Å². The van der Waals surface area contributed by atoms with E-state index in [9.17, 15) is 22.8 Å². The van der Waals surface area contributed by atoms with E-state index in [1.54, 1.807) is 28.4 Å². The summed E-state index contributed by atoms with van der Waals surface area (Å²) in [7, 11) is 0. The van der Waals surface area contributed by atoms with E-state index in [0.29, 0.717) is 10.6 Å². The summed E-state index contributed by atoms with van der Waals surface area (Å²) in [6, 6.07) is 10.0. The van der Waals surface area contributed by atoms with Crippen LogP contribution in [-0.2, 0) is 9.53 Å². The molecule has 1 N–H and O–H groups in total. The van der Waals surface area contributed by atoms with Crippen LogP contribution in [-0.4, -0.2) is 28.9 Å². The van der Waals surface area contributed by atoms with Crippen LogP contribution in [0.25, 0.3) is 5.69 Å². The van der Waals surface area contributed by atoms with Crippen molar-refractivity contribution in [2.75, 3.05) is 5.32 Å². The minimum absolute atomic E-state index is 0.233. The molecule has 3 aromatic rings. The molecule has 0 radical (unpaired) electrons. The number of anilines is 1. The molecule has 6 nitrogen and oxygen atoms in total. The molecule has 1 unspecified atom stereocenters. The second-order valence-corrected chi connectivity index (χ2v) is 6.75. The lowest BCUT2D eigenvalue weighted by molar-refractivity contribution is -0.274. The number of nitrogens with zero attached hydrogens (tertiary/aromatic N) is 1. The van der Waals surface area contributed by atoms with Gasteiger partial charge < -0.3 is 19.4 Å². The molecule has 0 saturated heterocycles. The van der Waals surface area contributed by atoms with E-state index < -0.39 is 30.1 Å². The SMILES string of the molecule is CC(OC(=O)c1sccc1-n1cccc1)C(=O)Nc1ccc(OC(F)(F)F)cc1. The van der Waals surface area contributed by atoms with Crippen molar-refractivity contribution in [3.05, 3.63) is 65.1 Å². The summed E-state index contributed by atoms with van der Waals surface area (Å²) in [4.78, 5) is 25.0. The lowest BCUT2D eigenvalue weighted by atomic mass is 10.3. The van der Waals surface area contributed by atoms with E-state index >= 15 is 0 Å².